The SMILES string of the molecule is Cc1ccc2c(c1)c1c(n2CCNC(=O)C2CCCNC2)CCN(C)C1. The maximum absolute atomic E-state index is 12.4. The zero-order chi connectivity index (χ0) is 18.1. The molecule has 1 aromatic heterocycles. The van der Waals surface area contributed by atoms with Gasteiger partial charge < -0.3 is 20.1 Å². The molecule has 0 saturated carbocycles. The normalized spacial score (nSPS) is 20.9. The van der Waals surface area contributed by atoms with Crippen molar-refractivity contribution < 1.29 is 4.79 Å². The highest BCUT2D eigenvalue weighted by atomic mass is 16.1. The molecule has 1 unspecified atom stereocenters. The number of likely N-dealkylation sites (N-methyl/N-ethyl adjacent to an activating group) is 1. The fraction of sp³-hybridized carbons (Fsp3) is 0.571. The highest BCUT2D eigenvalue weighted by molar-refractivity contribution is 5.86. The summed E-state index contributed by atoms with van der Waals surface area (Å²) >= 11 is 0. The van der Waals surface area contributed by atoms with E-state index in [0.717, 1.165) is 52.0 Å². The van der Waals surface area contributed by atoms with Gasteiger partial charge in [0, 0.05) is 55.7 Å². The summed E-state index contributed by atoms with van der Waals surface area (Å²) in [5.41, 5.74) is 5.55. The largest absolute Gasteiger partial charge is 0.354 e. The Morgan fingerprint density at radius 3 is 3.08 bits per heavy atom. The van der Waals surface area contributed by atoms with Crippen molar-refractivity contribution in [2.75, 3.05) is 33.2 Å². The first-order valence-corrected chi connectivity index (χ1v) is 9.91. The number of nitrogens with one attached hydrogen (secondary N) is 2. The number of benzene rings is 1. The molecule has 0 aliphatic carbocycles. The van der Waals surface area contributed by atoms with Crippen LogP contribution in [-0.4, -0.2) is 48.6 Å². The van der Waals surface area contributed by atoms with Crippen LogP contribution in [0.5, 0.6) is 0 Å². The van der Waals surface area contributed by atoms with Crippen molar-refractivity contribution in [3.63, 3.8) is 0 Å². The standard InChI is InChI=1S/C21H30N4O/c1-15-5-6-19-17(12-15)18-14-24(2)10-7-20(18)25(19)11-9-23-21(26)16-4-3-8-22-13-16/h5-6,12,16,22H,3-4,7-11,13-14H2,1-2H3,(H,23,26). The van der Waals surface area contributed by atoms with Crippen LogP contribution >= 0.6 is 0 Å². The van der Waals surface area contributed by atoms with Gasteiger partial charge in [0.2, 0.25) is 5.91 Å². The molecule has 26 heavy (non-hydrogen) atoms. The van der Waals surface area contributed by atoms with Crippen LogP contribution in [0.15, 0.2) is 18.2 Å². The van der Waals surface area contributed by atoms with E-state index in [9.17, 15) is 4.79 Å². The molecule has 1 fully saturated rings. The molecular weight excluding hydrogens is 324 g/mol. The molecule has 1 saturated heterocycles. The lowest BCUT2D eigenvalue weighted by Gasteiger charge is -2.25. The molecule has 5 heteroatoms. The van der Waals surface area contributed by atoms with Crippen molar-refractivity contribution >= 4 is 16.8 Å². The van der Waals surface area contributed by atoms with Crippen LogP contribution < -0.4 is 10.6 Å². The van der Waals surface area contributed by atoms with Gasteiger partial charge in [-0.1, -0.05) is 11.6 Å². The quantitative estimate of drug-likeness (QED) is 0.884. The summed E-state index contributed by atoms with van der Waals surface area (Å²) in [5.74, 6) is 0.341. The maximum Gasteiger partial charge on any atom is 0.224 e. The van der Waals surface area contributed by atoms with Crippen LogP contribution in [0.25, 0.3) is 10.9 Å². The molecule has 3 heterocycles. The van der Waals surface area contributed by atoms with Crippen LogP contribution in [0.1, 0.15) is 29.7 Å². The lowest BCUT2D eigenvalue weighted by Crippen LogP contribution is -2.41. The van der Waals surface area contributed by atoms with E-state index in [0.29, 0.717) is 6.54 Å². The molecule has 1 amide bonds. The van der Waals surface area contributed by atoms with Crippen LogP contribution in [0, 0.1) is 12.8 Å². The number of rotatable bonds is 4. The summed E-state index contributed by atoms with van der Waals surface area (Å²) in [6.07, 6.45) is 3.19. The minimum absolute atomic E-state index is 0.135. The lowest BCUT2D eigenvalue weighted by molar-refractivity contribution is -0.125. The van der Waals surface area contributed by atoms with Crippen LogP contribution in [-0.2, 0) is 24.3 Å². The number of nitrogens with zero attached hydrogens (tertiary/aromatic N) is 2. The van der Waals surface area contributed by atoms with Crippen molar-refractivity contribution in [3.05, 3.63) is 35.0 Å². The molecule has 0 bridgehead atoms. The second kappa shape index (κ2) is 7.41. The number of piperidine rings is 1. The summed E-state index contributed by atoms with van der Waals surface area (Å²) in [6.45, 7) is 7.69. The number of hydrogen-bond donors (Lipinski definition) is 2. The van der Waals surface area contributed by atoms with Gasteiger partial charge in [-0.2, -0.15) is 0 Å². The smallest absolute Gasteiger partial charge is 0.224 e. The van der Waals surface area contributed by atoms with E-state index >= 15 is 0 Å². The molecule has 1 aromatic carbocycles. The fourth-order valence-corrected chi connectivity index (χ4v) is 4.46. The van der Waals surface area contributed by atoms with E-state index in [4.69, 9.17) is 0 Å². The van der Waals surface area contributed by atoms with Crippen molar-refractivity contribution in [1.82, 2.24) is 20.1 Å². The van der Waals surface area contributed by atoms with E-state index in [-0.39, 0.29) is 11.8 Å². The first kappa shape index (κ1) is 17.6. The third kappa shape index (κ3) is 3.38. The van der Waals surface area contributed by atoms with Crippen molar-refractivity contribution in [2.24, 2.45) is 5.92 Å². The molecule has 0 radical (unpaired) electrons. The second-order valence-corrected chi connectivity index (χ2v) is 7.92. The number of amides is 1. The van der Waals surface area contributed by atoms with Crippen LogP contribution in [0.3, 0.4) is 0 Å². The molecule has 4 rings (SSSR count). The van der Waals surface area contributed by atoms with E-state index in [1.54, 1.807) is 0 Å². The maximum atomic E-state index is 12.4. The van der Waals surface area contributed by atoms with Gasteiger partial charge in [-0.05, 0) is 51.1 Å². The van der Waals surface area contributed by atoms with Gasteiger partial charge in [0.25, 0.3) is 0 Å². The summed E-state index contributed by atoms with van der Waals surface area (Å²) in [7, 11) is 2.19. The Balaban J connectivity index is 1.52. The molecule has 2 aliphatic rings. The van der Waals surface area contributed by atoms with Gasteiger partial charge >= 0.3 is 0 Å². The Morgan fingerprint density at radius 2 is 2.27 bits per heavy atom. The van der Waals surface area contributed by atoms with Gasteiger partial charge in [0.05, 0.1) is 5.92 Å². The van der Waals surface area contributed by atoms with Gasteiger partial charge in [0.15, 0.2) is 0 Å². The molecule has 140 valence electrons. The van der Waals surface area contributed by atoms with Crippen molar-refractivity contribution in [1.29, 1.82) is 0 Å². The minimum Gasteiger partial charge on any atom is -0.354 e. The third-order valence-corrected chi connectivity index (χ3v) is 5.90. The summed E-state index contributed by atoms with van der Waals surface area (Å²) in [4.78, 5) is 14.8. The Kier molecular flexibility index (Phi) is 5.00. The molecule has 2 aromatic rings. The molecule has 1 atom stereocenters. The number of fused-ring (bicyclic) bond motifs is 3. The summed E-state index contributed by atoms with van der Waals surface area (Å²) < 4.78 is 2.44. The van der Waals surface area contributed by atoms with Crippen molar-refractivity contribution in [2.45, 2.75) is 39.3 Å². The number of carbonyl (C=O) groups is 1. The van der Waals surface area contributed by atoms with Gasteiger partial charge in [0.1, 0.15) is 0 Å². The molecule has 5 nitrogen and oxygen atoms in total. The number of carbonyl (C=O) groups excluding carboxylic acids is 1. The fourth-order valence-electron chi connectivity index (χ4n) is 4.46. The van der Waals surface area contributed by atoms with E-state index in [1.165, 1.54) is 27.7 Å². The first-order valence-electron chi connectivity index (χ1n) is 9.91. The van der Waals surface area contributed by atoms with Gasteiger partial charge in [-0.3, -0.25) is 4.79 Å². The zero-order valence-electron chi connectivity index (χ0n) is 16.0. The number of hydrogen-bond acceptors (Lipinski definition) is 3. The predicted molar refractivity (Wildman–Crippen MR) is 105 cm³/mol. The third-order valence-electron chi connectivity index (χ3n) is 5.90. The molecule has 2 aliphatic heterocycles. The van der Waals surface area contributed by atoms with E-state index in [2.05, 4.69) is 52.3 Å². The zero-order valence-corrected chi connectivity index (χ0v) is 16.0. The Bertz CT molecular complexity index is 804. The average Bonchev–Trinajstić information content (AvgIpc) is 2.95. The highest BCUT2D eigenvalue weighted by Gasteiger charge is 2.23. The molecule has 0 spiro atoms. The molecular formula is C21H30N4O. The summed E-state index contributed by atoms with van der Waals surface area (Å²) in [5, 5.41) is 7.88. The first-order chi connectivity index (χ1) is 12.6. The van der Waals surface area contributed by atoms with E-state index in [1.807, 2.05) is 0 Å². The molecule has 2 N–H and O–H groups in total. The second-order valence-electron chi connectivity index (χ2n) is 7.92. The van der Waals surface area contributed by atoms with Gasteiger partial charge in [-0.15, -0.1) is 0 Å². The van der Waals surface area contributed by atoms with Gasteiger partial charge in [-0.25, -0.2) is 0 Å². The monoisotopic (exact) mass is 354 g/mol. The minimum atomic E-state index is 0.135. The summed E-state index contributed by atoms with van der Waals surface area (Å²) in [6, 6.07) is 6.76. The van der Waals surface area contributed by atoms with E-state index < -0.39 is 0 Å². The number of aryl methyl sites for hydroxylation is 1. The predicted octanol–water partition coefficient (Wildman–Crippen LogP) is 2.05. The van der Waals surface area contributed by atoms with Crippen LogP contribution in [0.4, 0.5) is 0 Å². The Labute approximate surface area is 155 Å². The lowest BCUT2D eigenvalue weighted by atomic mass is 9.99. The topological polar surface area (TPSA) is 49.3 Å². The number of aromatic nitrogens is 1. The highest BCUT2D eigenvalue weighted by Crippen LogP contribution is 2.31. The Hall–Kier alpha value is -1.85. The van der Waals surface area contributed by atoms with Crippen LogP contribution in [0.2, 0.25) is 0 Å². The van der Waals surface area contributed by atoms with Crippen molar-refractivity contribution in [3.8, 4) is 0 Å². The Morgan fingerprint density at radius 1 is 1.38 bits per heavy atom. The average molecular weight is 354 g/mol.